The Morgan fingerprint density at radius 1 is 1.28 bits per heavy atom. The predicted molar refractivity (Wildman–Crippen MR) is 101 cm³/mol. The van der Waals surface area contributed by atoms with Crippen molar-refractivity contribution in [1.82, 2.24) is 15.5 Å². The van der Waals surface area contributed by atoms with Gasteiger partial charge < -0.3 is 15.5 Å². The van der Waals surface area contributed by atoms with Gasteiger partial charge in [-0.3, -0.25) is 9.59 Å². The summed E-state index contributed by atoms with van der Waals surface area (Å²) < 4.78 is 0. The van der Waals surface area contributed by atoms with Crippen molar-refractivity contribution in [2.75, 3.05) is 32.7 Å². The molecule has 0 bridgehead atoms. The number of rotatable bonds is 5. The maximum Gasteiger partial charge on any atom is 0.251 e. The van der Waals surface area contributed by atoms with E-state index < -0.39 is 0 Å². The first-order valence-corrected chi connectivity index (χ1v) is 8.98. The lowest BCUT2D eigenvalue weighted by Gasteiger charge is -2.38. The molecule has 2 aliphatic heterocycles. The van der Waals surface area contributed by atoms with Crippen LogP contribution in [-0.2, 0) is 4.79 Å². The highest BCUT2D eigenvalue weighted by Crippen LogP contribution is 2.23. The first-order chi connectivity index (χ1) is 11.6. The summed E-state index contributed by atoms with van der Waals surface area (Å²) in [4.78, 5) is 26.8. The number of benzene rings is 1. The molecule has 2 aliphatic rings. The van der Waals surface area contributed by atoms with Gasteiger partial charge in [-0.2, -0.15) is 0 Å². The Kier molecular flexibility index (Phi) is 7.26. The van der Waals surface area contributed by atoms with E-state index >= 15 is 0 Å². The van der Waals surface area contributed by atoms with Gasteiger partial charge in [0.05, 0.1) is 0 Å². The van der Waals surface area contributed by atoms with Crippen LogP contribution in [0.25, 0.3) is 0 Å². The molecule has 0 aromatic heterocycles. The number of piperidine rings is 1. The molecular weight excluding hydrogens is 338 g/mol. The Morgan fingerprint density at radius 2 is 2.00 bits per heavy atom. The van der Waals surface area contributed by atoms with E-state index in [-0.39, 0.29) is 30.1 Å². The van der Waals surface area contributed by atoms with Crippen molar-refractivity contribution in [3.05, 3.63) is 35.9 Å². The third-order valence-electron chi connectivity index (χ3n) is 5.33. The van der Waals surface area contributed by atoms with Crippen molar-refractivity contribution >= 4 is 24.2 Å². The fourth-order valence-corrected chi connectivity index (χ4v) is 3.51. The minimum absolute atomic E-state index is 0. The molecule has 3 rings (SSSR count). The lowest BCUT2D eigenvalue weighted by molar-refractivity contribution is -0.139. The second-order valence-corrected chi connectivity index (χ2v) is 7.08. The third kappa shape index (κ3) is 4.95. The average molecular weight is 366 g/mol. The smallest absolute Gasteiger partial charge is 0.251 e. The summed E-state index contributed by atoms with van der Waals surface area (Å²) in [5.41, 5.74) is 0.687. The van der Waals surface area contributed by atoms with Crippen LogP contribution in [0.2, 0.25) is 0 Å². The molecule has 1 aromatic rings. The summed E-state index contributed by atoms with van der Waals surface area (Å²) in [5.74, 6) is 1.18. The largest absolute Gasteiger partial charge is 0.352 e. The van der Waals surface area contributed by atoms with Crippen molar-refractivity contribution in [1.29, 1.82) is 0 Å². The quantitative estimate of drug-likeness (QED) is 0.838. The van der Waals surface area contributed by atoms with Gasteiger partial charge in [-0.05, 0) is 49.9 Å². The zero-order valence-electron chi connectivity index (χ0n) is 14.7. The molecule has 2 fully saturated rings. The summed E-state index contributed by atoms with van der Waals surface area (Å²) >= 11 is 0. The van der Waals surface area contributed by atoms with Crippen LogP contribution in [0.4, 0.5) is 0 Å². The number of carbonyl (C=O) groups is 2. The topological polar surface area (TPSA) is 61.4 Å². The molecule has 5 nitrogen and oxygen atoms in total. The zero-order valence-corrected chi connectivity index (χ0v) is 15.6. The number of nitrogens with one attached hydrogen (secondary N) is 2. The molecule has 2 N–H and O–H groups in total. The van der Waals surface area contributed by atoms with Gasteiger partial charge in [0.2, 0.25) is 5.91 Å². The van der Waals surface area contributed by atoms with Crippen molar-refractivity contribution < 1.29 is 9.59 Å². The Hall–Kier alpha value is -1.59. The first kappa shape index (κ1) is 19.7. The average Bonchev–Trinajstić information content (AvgIpc) is 2.58. The molecular formula is C19H28ClN3O2. The molecule has 2 heterocycles. The Bertz CT molecular complexity index is 577. The van der Waals surface area contributed by atoms with E-state index in [1.54, 1.807) is 0 Å². The van der Waals surface area contributed by atoms with Crippen LogP contribution < -0.4 is 10.6 Å². The van der Waals surface area contributed by atoms with Crippen molar-refractivity contribution in [3.8, 4) is 0 Å². The number of hydrogen-bond donors (Lipinski definition) is 2. The van der Waals surface area contributed by atoms with E-state index in [1.165, 1.54) is 0 Å². The van der Waals surface area contributed by atoms with Crippen molar-refractivity contribution in [3.63, 3.8) is 0 Å². The maximum absolute atomic E-state index is 12.6. The van der Waals surface area contributed by atoms with E-state index in [0.29, 0.717) is 23.9 Å². The molecule has 2 amide bonds. The van der Waals surface area contributed by atoms with Gasteiger partial charge in [-0.1, -0.05) is 25.1 Å². The number of likely N-dealkylation sites (tertiary alicyclic amines) is 1. The van der Waals surface area contributed by atoms with Crippen LogP contribution in [0.15, 0.2) is 30.3 Å². The monoisotopic (exact) mass is 365 g/mol. The summed E-state index contributed by atoms with van der Waals surface area (Å²) in [6.07, 6.45) is 2.09. The van der Waals surface area contributed by atoms with E-state index in [4.69, 9.17) is 0 Å². The van der Waals surface area contributed by atoms with E-state index in [2.05, 4.69) is 17.6 Å². The SMILES string of the molecule is CC(C(=O)N1CCCC(CNC(=O)c2ccccc2)C1)C1CNC1.Cl. The molecule has 25 heavy (non-hydrogen) atoms. The number of hydrogen-bond acceptors (Lipinski definition) is 3. The summed E-state index contributed by atoms with van der Waals surface area (Å²) in [6, 6.07) is 9.28. The molecule has 2 saturated heterocycles. The molecule has 138 valence electrons. The highest BCUT2D eigenvalue weighted by molar-refractivity contribution is 5.94. The molecule has 0 radical (unpaired) electrons. The fraction of sp³-hybridized carbons (Fsp3) is 0.579. The van der Waals surface area contributed by atoms with Crippen LogP contribution in [0.1, 0.15) is 30.1 Å². The van der Waals surface area contributed by atoms with E-state index in [9.17, 15) is 9.59 Å². The number of amides is 2. The molecule has 1 aromatic carbocycles. The summed E-state index contributed by atoms with van der Waals surface area (Å²) in [5, 5.41) is 6.25. The fourth-order valence-electron chi connectivity index (χ4n) is 3.51. The lowest BCUT2D eigenvalue weighted by atomic mass is 9.87. The Balaban J connectivity index is 0.00000225. The Morgan fingerprint density at radius 3 is 2.64 bits per heavy atom. The first-order valence-electron chi connectivity index (χ1n) is 8.98. The van der Waals surface area contributed by atoms with E-state index in [1.807, 2.05) is 35.2 Å². The Labute approximate surface area is 155 Å². The minimum atomic E-state index is -0.0343. The van der Waals surface area contributed by atoms with Gasteiger partial charge in [0.15, 0.2) is 0 Å². The van der Waals surface area contributed by atoms with Crippen molar-refractivity contribution in [2.45, 2.75) is 19.8 Å². The second-order valence-electron chi connectivity index (χ2n) is 7.08. The van der Waals surface area contributed by atoms with E-state index in [0.717, 1.165) is 39.0 Å². The summed E-state index contributed by atoms with van der Waals surface area (Å²) in [7, 11) is 0. The van der Waals surface area contributed by atoms with Gasteiger partial charge in [-0.25, -0.2) is 0 Å². The lowest BCUT2D eigenvalue weighted by Crippen LogP contribution is -2.52. The van der Waals surface area contributed by atoms with Crippen LogP contribution in [0.3, 0.4) is 0 Å². The van der Waals surface area contributed by atoms with Crippen molar-refractivity contribution in [2.24, 2.45) is 17.8 Å². The van der Waals surface area contributed by atoms with Crippen LogP contribution in [-0.4, -0.2) is 49.4 Å². The van der Waals surface area contributed by atoms with Crippen LogP contribution in [0.5, 0.6) is 0 Å². The van der Waals surface area contributed by atoms with Crippen LogP contribution >= 0.6 is 12.4 Å². The summed E-state index contributed by atoms with van der Waals surface area (Å²) in [6.45, 7) is 6.21. The van der Waals surface area contributed by atoms with Crippen LogP contribution in [0, 0.1) is 17.8 Å². The van der Waals surface area contributed by atoms with Gasteiger partial charge in [0.1, 0.15) is 0 Å². The number of nitrogens with zero attached hydrogens (tertiary/aromatic N) is 1. The molecule has 2 unspecified atom stereocenters. The van der Waals surface area contributed by atoms with Gasteiger partial charge >= 0.3 is 0 Å². The third-order valence-corrected chi connectivity index (χ3v) is 5.33. The maximum atomic E-state index is 12.6. The highest BCUT2D eigenvalue weighted by Gasteiger charge is 2.33. The molecule has 0 spiro atoms. The minimum Gasteiger partial charge on any atom is -0.352 e. The number of halogens is 1. The second kappa shape index (κ2) is 9.20. The molecule has 0 aliphatic carbocycles. The molecule has 0 saturated carbocycles. The highest BCUT2D eigenvalue weighted by atomic mass is 35.5. The van der Waals surface area contributed by atoms with Gasteiger partial charge in [0, 0.05) is 31.1 Å². The molecule has 6 heteroatoms. The normalized spacial score (nSPS) is 21.6. The zero-order chi connectivity index (χ0) is 16.9. The van der Waals surface area contributed by atoms with Gasteiger partial charge in [0.25, 0.3) is 5.91 Å². The standard InChI is InChI=1S/C19H27N3O2.ClH/c1-14(17-11-20-12-17)19(24)22-9-5-6-15(13-22)10-21-18(23)16-7-3-2-4-8-16;/h2-4,7-8,14-15,17,20H,5-6,9-13H2,1H3,(H,21,23);1H. The number of carbonyl (C=O) groups excluding carboxylic acids is 2. The molecule has 2 atom stereocenters. The van der Waals surface area contributed by atoms with Gasteiger partial charge in [-0.15, -0.1) is 12.4 Å². The predicted octanol–water partition coefficient (Wildman–Crippen LogP) is 1.93.